The molecule has 0 aliphatic carbocycles. The molecule has 0 radical (unpaired) electrons. The van der Waals surface area contributed by atoms with Gasteiger partial charge in [-0.15, -0.1) is 0 Å². The van der Waals surface area contributed by atoms with Crippen molar-refractivity contribution >= 4 is 17.8 Å². The minimum atomic E-state index is -1.19. The van der Waals surface area contributed by atoms with Gasteiger partial charge in [-0.25, -0.2) is 9.18 Å². The number of carboxylic acids is 1. The van der Waals surface area contributed by atoms with Crippen LogP contribution in [-0.2, 0) is 19.1 Å². The first-order valence-corrected chi connectivity index (χ1v) is 7.39. The van der Waals surface area contributed by atoms with Crippen LogP contribution in [0, 0.1) is 11.7 Å². The predicted molar refractivity (Wildman–Crippen MR) is 81.5 cm³/mol. The molecule has 0 bridgehead atoms. The molecule has 0 spiro atoms. The van der Waals surface area contributed by atoms with Gasteiger partial charge in [-0.2, -0.15) is 0 Å². The lowest BCUT2D eigenvalue weighted by Gasteiger charge is -2.25. The van der Waals surface area contributed by atoms with Gasteiger partial charge < -0.3 is 20.1 Å². The lowest BCUT2D eigenvalue weighted by molar-refractivity contribution is -0.148. The van der Waals surface area contributed by atoms with Gasteiger partial charge in [0.2, 0.25) is 11.8 Å². The Balaban J connectivity index is 2.14. The van der Waals surface area contributed by atoms with Gasteiger partial charge in [0.25, 0.3) is 0 Å². The fraction of sp³-hybridized carbons (Fsp3) is 0.438. The fourth-order valence-corrected chi connectivity index (χ4v) is 2.82. The number of aliphatic carboxylic acids is 1. The maximum absolute atomic E-state index is 13.1. The van der Waals surface area contributed by atoms with Crippen LogP contribution in [0.15, 0.2) is 24.3 Å². The molecule has 1 aromatic rings. The first-order chi connectivity index (χ1) is 11.3. The smallest absolute Gasteiger partial charge is 0.334 e. The van der Waals surface area contributed by atoms with E-state index in [9.17, 15) is 18.8 Å². The monoisotopic (exact) mass is 338 g/mol. The first kappa shape index (κ1) is 17.9. The Morgan fingerprint density at radius 2 is 2.04 bits per heavy atom. The number of amides is 2. The lowest BCUT2D eigenvalue weighted by atomic mass is 9.93. The number of carbonyl (C=O) groups is 3. The van der Waals surface area contributed by atoms with Crippen LogP contribution in [0.5, 0.6) is 0 Å². The Kier molecular flexibility index (Phi) is 5.50. The standard InChI is InChI=1S/C16H19FN2O5/c1-19-13(20)7-11(14(19)9-3-5-10(17)6-4-9)15(21)18-8-12(24-2)16(22)23/h3-6,11-12,14H,7-8H2,1-2H3,(H,18,21)(H,22,23). The normalized spacial score (nSPS) is 21.6. The summed E-state index contributed by atoms with van der Waals surface area (Å²) in [6, 6.07) is 5.08. The van der Waals surface area contributed by atoms with Gasteiger partial charge in [-0.3, -0.25) is 9.59 Å². The number of carboxylic acid groups (broad SMARTS) is 1. The van der Waals surface area contributed by atoms with Gasteiger partial charge in [0.15, 0.2) is 6.10 Å². The number of rotatable bonds is 6. The Morgan fingerprint density at radius 1 is 1.42 bits per heavy atom. The number of halogens is 1. The van der Waals surface area contributed by atoms with Crippen molar-refractivity contribution in [2.75, 3.05) is 20.7 Å². The molecule has 1 aliphatic heterocycles. The van der Waals surface area contributed by atoms with E-state index in [0.717, 1.165) is 0 Å². The first-order valence-electron chi connectivity index (χ1n) is 7.39. The molecule has 7 nitrogen and oxygen atoms in total. The molecule has 0 saturated carbocycles. The average Bonchev–Trinajstić information content (AvgIpc) is 2.84. The van der Waals surface area contributed by atoms with E-state index in [1.165, 1.54) is 36.3 Å². The third-order valence-corrected chi connectivity index (χ3v) is 4.16. The average molecular weight is 338 g/mol. The second-order valence-electron chi connectivity index (χ2n) is 5.62. The zero-order valence-corrected chi connectivity index (χ0v) is 13.4. The van der Waals surface area contributed by atoms with Crippen LogP contribution in [0.4, 0.5) is 4.39 Å². The van der Waals surface area contributed by atoms with Crippen molar-refractivity contribution in [3.05, 3.63) is 35.6 Å². The van der Waals surface area contributed by atoms with E-state index in [0.29, 0.717) is 5.56 Å². The molecule has 3 unspecified atom stereocenters. The second kappa shape index (κ2) is 7.39. The topological polar surface area (TPSA) is 95.9 Å². The molecular formula is C16H19FN2O5. The number of hydrogen-bond donors (Lipinski definition) is 2. The number of methoxy groups -OCH3 is 1. The van der Waals surface area contributed by atoms with E-state index in [2.05, 4.69) is 5.32 Å². The summed E-state index contributed by atoms with van der Waals surface area (Å²) in [5.41, 5.74) is 0.645. The maximum atomic E-state index is 13.1. The second-order valence-corrected chi connectivity index (χ2v) is 5.62. The van der Waals surface area contributed by atoms with E-state index < -0.39 is 35.8 Å². The Bertz CT molecular complexity index is 634. The van der Waals surface area contributed by atoms with Crippen molar-refractivity contribution in [3.8, 4) is 0 Å². The molecule has 24 heavy (non-hydrogen) atoms. The lowest BCUT2D eigenvalue weighted by Crippen LogP contribution is -2.41. The number of nitrogens with zero attached hydrogens (tertiary/aromatic N) is 1. The highest BCUT2D eigenvalue weighted by atomic mass is 19.1. The van der Waals surface area contributed by atoms with Crippen LogP contribution in [-0.4, -0.2) is 54.6 Å². The van der Waals surface area contributed by atoms with E-state index in [-0.39, 0.29) is 18.9 Å². The summed E-state index contributed by atoms with van der Waals surface area (Å²) in [6.45, 7) is -0.199. The van der Waals surface area contributed by atoms with Crippen molar-refractivity contribution in [3.63, 3.8) is 0 Å². The SMILES string of the molecule is COC(CNC(=O)C1CC(=O)N(C)C1c1ccc(F)cc1)C(=O)O. The van der Waals surface area contributed by atoms with Gasteiger partial charge in [0.05, 0.1) is 18.5 Å². The van der Waals surface area contributed by atoms with Crippen molar-refractivity contribution < 1.29 is 28.6 Å². The maximum Gasteiger partial charge on any atom is 0.334 e. The third-order valence-electron chi connectivity index (χ3n) is 4.16. The van der Waals surface area contributed by atoms with E-state index in [4.69, 9.17) is 9.84 Å². The number of benzene rings is 1. The zero-order valence-electron chi connectivity index (χ0n) is 13.4. The molecule has 1 fully saturated rings. The van der Waals surface area contributed by atoms with Crippen molar-refractivity contribution in [1.29, 1.82) is 0 Å². The van der Waals surface area contributed by atoms with Crippen LogP contribution >= 0.6 is 0 Å². The number of hydrogen-bond acceptors (Lipinski definition) is 4. The largest absolute Gasteiger partial charge is 0.479 e. The summed E-state index contributed by atoms with van der Waals surface area (Å²) in [6.07, 6.45) is -1.15. The molecule has 2 amide bonds. The number of ether oxygens (including phenoxy) is 1. The summed E-state index contributed by atoms with van der Waals surface area (Å²) < 4.78 is 17.9. The molecule has 8 heteroatoms. The summed E-state index contributed by atoms with van der Waals surface area (Å²) in [5.74, 6) is -2.92. The predicted octanol–water partition coefficient (Wildman–Crippen LogP) is 0.561. The van der Waals surface area contributed by atoms with Crippen LogP contribution in [0.2, 0.25) is 0 Å². The number of nitrogens with one attached hydrogen (secondary N) is 1. The number of likely N-dealkylation sites (tertiary alicyclic amines) is 1. The van der Waals surface area contributed by atoms with Crippen molar-refractivity contribution in [2.24, 2.45) is 5.92 Å². The highest BCUT2D eigenvalue weighted by Gasteiger charge is 2.42. The fourth-order valence-electron chi connectivity index (χ4n) is 2.82. The molecular weight excluding hydrogens is 319 g/mol. The van der Waals surface area contributed by atoms with Crippen LogP contribution < -0.4 is 5.32 Å². The van der Waals surface area contributed by atoms with Crippen molar-refractivity contribution in [2.45, 2.75) is 18.6 Å². The molecule has 0 aromatic heterocycles. The minimum Gasteiger partial charge on any atom is -0.479 e. The summed E-state index contributed by atoms with van der Waals surface area (Å²) >= 11 is 0. The Labute approximate surface area is 138 Å². The van der Waals surface area contributed by atoms with Crippen LogP contribution in [0.3, 0.4) is 0 Å². The third kappa shape index (κ3) is 3.70. The highest BCUT2D eigenvalue weighted by molar-refractivity contribution is 5.90. The van der Waals surface area contributed by atoms with Crippen LogP contribution in [0.1, 0.15) is 18.0 Å². The van der Waals surface area contributed by atoms with Crippen LogP contribution in [0.25, 0.3) is 0 Å². The molecule has 2 rings (SSSR count). The molecule has 1 saturated heterocycles. The van der Waals surface area contributed by atoms with Gasteiger partial charge in [-0.05, 0) is 17.7 Å². The van der Waals surface area contributed by atoms with Gasteiger partial charge in [0, 0.05) is 20.6 Å². The Hall–Kier alpha value is -2.48. The molecule has 1 aliphatic rings. The molecule has 3 atom stereocenters. The van der Waals surface area contributed by atoms with E-state index in [1.54, 1.807) is 7.05 Å². The van der Waals surface area contributed by atoms with Gasteiger partial charge in [0.1, 0.15) is 5.82 Å². The van der Waals surface area contributed by atoms with Gasteiger partial charge >= 0.3 is 5.97 Å². The highest BCUT2D eigenvalue weighted by Crippen LogP contribution is 2.37. The zero-order chi connectivity index (χ0) is 17.9. The van der Waals surface area contributed by atoms with Crippen molar-refractivity contribution in [1.82, 2.24) is 10.2 Å². The summed E-state index contributed by atoms with van der Waals surface area (Å²) in [5, 5.41) is 11.4. The quantitative estimate of drug-likeness (QED) is 0.790. The molecule has 1 aromatic carbocycles. The summed E-state index contributed by atoms with van der Waals surface area (Å²) in [4.78, 5) is 36.8. The van der Waals surface area contributed by atoms with Gasteiger partial charge in [-0.1, -0.05) is 12.1 Å². The minimum absolute atomic E-state index is 0.00902. The van der Waals surface area contributed by atoms with E-state index >= 15 is 0 Å². The molecule has 1 heterocycles. The molecule has 2 N–H and O–H groups in total. The number of carbonyl (C=O) groups excluding carboxylic acids is 2. The molecule has 130 valence electrons. The Morgan fingerprint density at radius 3 is 2.58 bits per heavy atom. The van der Waals surface area contributed by atoms with E-state index in [1.807, 2.05) is 0 Å². The summed E-state index contributed by atoms with van der Waals surface area (Å²) in [7, 11) is 2.82.